The molecule has 2 aliphatic heterocycles. The van der Waals surface area contributed by atoms with Gasteiger partial charge in [0.2, 0.25) is 0 Å². The predicted octanol–water partition coefficient (Wildman–Crippen LogP) is 4.21. The molecule has 1 N–H and O–H groups in total. The molecule has 37 heavy (non-hydrogen) atoms. The van der Waals surface area contributed by atoms with Crippen LogP contribution >= 0.6 is 0 Å². The van der Waals surface area contributed by atoms with Gasteiger partial charge in [-0.2, -0.15) is 0 Å². The molecule has 2 saturated heterocycles. The van der Waals surface area contributed by atoms with Gasteiger partial charge in [-0.25, -0.2) is 0 Å². The van der Waals surface area contributed by atoms with Crippen molar-refractivity contribution in [3.63, 3.8) is 0 Å². The number of aliphatic hydroxyl groups is 1. The van der Waals surface area contributed by atoms with Crippen molar-refractivity contribution in [3.8, 4) is 0 Å². The van der Waals surface area contributed by atoms with Crippen molar-refractivity contribution in [1.29, 1.82) is 0 Å². The Morgan fingerprint density at radius 3 is 2.65 bits per heavy atom. The van der Waals surface area contributed by atoms with Gasteiger partial charge in [0.15, 0.2) is 23.5 Å². The van der Waals surface area contributed by atoms with Gasteiger partial charge in [-0.05, 0) is 82.0 Å². The van der Waals surface area contributed by atoms with E-state index in [9.17, 15) is 14.7 Å². The number of rotatable bonds is 4. The first kappa shape index (κ1) is 24.7. The second kappa shape index (κ2) is 8.58. The van der Waals surface area contributed by atoms with Gasteiger partial charge in [0, 0.05) is 22.7 Å². The minimum Gasteiger partial charge on any atom is -0.393 e. The van der Waals surface area contributed by atoms with Crippen molar-refractivity contribution in [2.75, 3.05) is 19.6 Å². The Morgan fingerprint density at radius 1 is 1.14 bits per heavy atom. The topological polar surface area (TPSA) is 76.1 Å². The van der Waals surface area contributed by atoms with Gasteiger partial charge in [0.25, 0.3) is 0 Å². The van der Waals surface area contributed by atoms with Gasteiger partial charge < -0.3 is 14.6 Å². The van der Waals surface area contributed by atoms with E-state index in [1.54, 1.807) is 12.2 Å². The summed E-state index contributed by atoms with van der Waals surface area (Å²) in [6.45, 7) is 6.83. The Labute approximate surface area is 220 Å². The molecule has 0 radical (unpaired) electrons. The summed E-state index contributed by atoms with van der Waals surface area (Å²) in [6.07, 6.45) is 14.7. The molecule has 0 aromatic rings. The van der Waals surface area contributed by atoms with E-state index in [-0.39, 0.29) is 47.1 Å². The number of ketones is 2. The molecule has 0 spiro atoms. The number of nitrogens with zero attached hydrogens (tertiary/aromatic N) is 1. The molecule has 0 aromatic carbocycles. The third kappa shape index (κ3) is 3.38. The summed E-state index contributed by atoms with van der Waals surface area (Å²) in [5.41, 5.74) is -0.585. The second-order valence-corrected chi connectivity index (χ2v) is 13.7. The van der Waals surface area contributed by atoms with E-state index in [1.807, 2.05) is 0 Å². The van der Waals surface area contributed by atoms with Crippen LogP contribution in [0.15, 0.2) is 23.8 Å². The average molecular weight is 510 g/mol. The van der Waals surface area contributed by atoms with Crippen LogP contribution in [0, 0.1) is 34.5 Å². The summed E-state index contributed by atoms with van der Waals surface area (Å²) < 4.78 is 13.8. The minimum atomic E-state index is -0.975. The number of allylic oxidation sites excluding steroid dienone is 4. The van der Waals surface area contributed by atoms with Crippen molar-refractivity contribution < 1.29 is 24.2 Å². The maximum atomic E-state index is 14.3. The number of fused-ring (bicyclic) bond motifs is 7. The summed E-state index contributed by atoms with van der Waals surface area (Å²) in [4.78, 5) is 28.8. The third-order valence-electron chi connectivity index (χ3n) is 12.0. The van der Waals surface area contributed by atoms with Gasteiger partial charge in [0.05, 0.1) is 18.8 Å². The molecular formula is C31H43NO5. The largest absolute Gasteiger partial charge is 0.393 e. The molecule has 6 fully saturated rings. The maximum absolute atomic E-state index is 14.3. The quantitative estimate of drug-likeness (QED) is 0.612. The lowest BCUT2D eigenvalue weighted by molar-refractivity contribution is -0.209. The molecule has 4 saturated carbocycles. The first-order chi connectivity index (χ1) is 17.8. The number of likely N-dealkylation sites (tertiary alicyclic amines) is 1. The van der Waals surface area contributed by atoms with E-state index in [0.29, 0.717) is 18.9 Å². The fourth-order valence-corrected chi connectivity index (χ4v) is 10.1. The van der Waals surface area contributed by atoms with Gasteiger partial charge >= 0.3 is 0 Å². The van der Waals surface area contributed by atoms with Gasteiger partial charge in [-0.3, -0.25) is 14.5 Å². The lowest BCUT2D eigenvalue weighted by Gasteiger charge is -2.60. The summed E-state index contributed by atoms with van der Waals surface area (Å²) in [5.74, 6) is 1.17. The molecule has 6 heteroatoms. The molecule has 2 heterocycles. The van der Waals surface area contributed by atoms with E-state index < -0.39 is 17.1 Å². The fourth-order valence-electron chi connectivity index (χ4n) is 10.1. The predicted molar refractivity (Wildman–Crippen MR) is 139 cm³/mol. The third-order valence-corrected chi connectivity index (χ3v) is 12.0. The van der Waals surface area contributed by atoms with E-state index in [2.05, 4.69) is 24.8 Å². The molecule has 0 unspecified atom stereocenters. The SMILES string of the molecule is C[C@]12C=CC(=O)C=C1CC[C@@H]1[C@@H]2[C@@H](O)C[C@@]2(C)[C@H]1C[C@@H]1O[C@@H](C3CCCCC3)O[C@]12C(=O)CN1CCC1. The molecule has 7 aliphatic rings. The Balaban J connectivity index is 1.25. The van der Waals surface area contributed by atoms with Crippen LogP contribution in [-0.2, 0) is 19.1 Å². The minimum absolute atomic E-state index is 0.0467. The van der Waals surface area contributed by atoms with Crippen molar-refractivity contribution in [2.24, 2.45) is 34.5 Å². The molecule has 202 valence electrons. The van der Waals surface area contributed by atoms with E-state index >= 15 is 0 Å². The van der Waals surface area contributed by atoms with Crippen LogP contribution in [0.25, 0.3) is 0 Å². The summed E-state index contributed by atoms with van der Waals surface area (Å²) >= 11 is 0. The monoisotopic (exact) mass is 509 g/mol. The average Bonchev–Trinajstić information content (AvgIpc) is 3.35. The maximum Gasteiger partial charge on any atom is 0.181 e. The molecular weight excluding hydrogens is 466 g/mol. The molecule has 9 atom stereocenters. The highest BCUT2D eigenvalue weighted by Gasteiger charge is 2.76. The lowest BCUT2D eigenvalue weighted by Crippen LogP contribution is -2.64. The van der Waals surface area contributed by atoms with Gasteiger partial charge in [-0.15, -0.1) is 0 Å². The highest BCUT2D eigenvalue weighted by atomic mass is 16.7. The van der Waals surface area contributed by atoms with Crippen LogP contribution in [0.1, 0.15) is 78.1 Å². The standard InChI is InChI=1S/C31H43NO5/c1-29-12-11-21(33)15-20(29)9-10-22-23-16-26-31(25(35)18-32-13-6-14-32,30(23,2)17-24(34)27(22)29)37-28(36-26)19-7-4-3-5-8-19/h11-12,15,19,22-24,26-28,34H,3-10,13-14,16-18H2,1-2H3/t22-,23-,24-,26-,27+,28+,29-,30-,31+/m0/s1. The van der Waals surface area contributed by atoms with Gasteiger partial charge in [0.1, 0.15) is 0 Å². The van der Waals surface area contributed by atoms with Crippen LogP contribution in [-0.4, -0.2) is 65.3 Å². The van der Waals surface area contributed by atoms with Crippen LogP contribution in [0.2, 0.25) is 0 Å². The van der Waals surface area contributed by atoms with E-state index in [0.717, 1.165) is 57.2 Å². The van der Waals surface area contributed by atoms with Crippen molar-refractivity contribution in [1.82, 2.24) is 4.90 Å². The second-order valence-electron chi connectivity index (χ2n) is 13.7. The highest BCUT2D eigenvalue weighted by molar-refractivity contribution is 6.01. The van der Waals surface area contributed by atoms with Gasteiger partial charge in [-0.1, -0.05) is 44.8 Å². The van der Waals surface area contributed by atoms with Crippen LogP contribution in [0.4, 0.5) is 0 Å². The number of Topliss-reactive ketones (excluding diaryl/α,β-unsaturated/α-hetero) is 1. The summed E-state index contributed by atoms with van der Waals surface area (Å²) in [5, 5.41) is 11.9. The van der Waals surface area contributed by atoms with E-state index in [1.165, 1.54) is 19.3 Å². The zero-order valence-corrected chi connectivity index (χ0v) is 22.5. The van der Waals surface area contributed by atoms with Crippen molar-refractivity contribution >= 4 is 11.6 Å². The smallest absolute Gasteiger partial charge is 0.181 e. The molecule has 0 bridgehead atoms. The molecule has 6 nitrogen and oxygen atoms in total. The number of ether oxygens (including phenoxy) is 2. The lowest BCUT2D eigenvalue weighted by atomic mass is 9.46. The van der Waals surface area contributed by atoms with Crippen LogP contribution in [0.3, 0.4) is 0 Å². The Kier molecular flexibility index (Phi) is 5.72. The molecule has 0 aromatic heterocycles. The highest BCUT2D eigenvalue weighted by Crippen LogP contribution is 2.70. The number of hydrogen-bond acceptors (Lipinski definition) is 6. The Bertz CT molecular complexity index is 1040. The first-order valence-electron chi connectivity index (χ1n) is 15.0. The van der Waals surface area contributed by atoms with Crippen LogP contribution < -0.4 is 0 Å². The zero-order valence-electron chi connectivity index (χ0n) is 22.5. The number of hydrogen-bond donors (Lipinski definition) is 1. The Hall–Kier alpha value is -1.34. The van der Waals surface area contributed by atoms with Crippen molar-refractivity contribution in [3.05, 3.63) is 23.8 Å². The summed E-state index contributed by atoms with van der Waals surface area (Å²) in [7, 11) is 0. The summed E-state index contributed by atoms with van der Waals surface area (Å²) in [6, 6.07) is 0. The van der Waals surface area contributed by atoms with Crippen molar-refractivity contribution in [2.45, 2.75) is 102 Å². The zero-order chi connectivity index (χ0) is 25.6. The number of carbonyl (C=O) groups excluding carboxylic acids is 2. The Morgan fingerprint density at radius 2 is 1.92 bits per heavy atom. The number of aliphatic hydroxyl groups excluding tert-OH is 1. The fraction of sp³-hybridized carbons (Fsp3) is 0.806. The normalized spacial score (nSPS) is 49.5. The molecule has 5 aliphatic carbocycles. The first-order valence-corrected chi connectivity index (χ1v) is 15.0. The van der Waals surface area contributed by atoms with E-state index in [4.69, 9.17) is 9.47 Å². The van der Waals surface area contributed by atoms with Crippen LogP contribution in [0.5, 0.6) is 0 Å². The number of carbonyl (C=O) groups is 2. The molecule has 0 amide bonds. The molecule has 7 rings (SSSR count).